The number of ether oxygens (including phenoxy) is 2. The van der Waals surface area contributed by atoms with Crippen molar-refractivity contribution in [1.82, 2.24) is 0 Å². The monoisotopic (exact) mass is 749 g/mol. The van der Waals surface area contributed by atoms with Crippen LogP contribution in [0, 0.1) is 5.92 Å². The van der Waals surface area contributed by atoms with E-state index in [1.165, 1.54) is 77.0 Å². The molecule has 0 aromatic heterocycles. The second-order valence-corrected chi connectivity index (χ2v) is 16.0. The highest BCUT2D eigenvalue weighted by Gasteiger charge is 2.23. The number of carbonyl (C=O) groups is 2. The molecule has 11 heteroatoms. The van der Waals surface area contributed by atoms with Gasteiger partial charge in [0.15, 0.2) is 6.10 Å². The van der Waals surface area contributed by atoms with Crippen molar-refractivity contribution in [2.24, 2.45) is 5.92 Å². The molecule has 4 N–H and O–H groups in total. The van der Waals surface area contributed by atoms with E-state index in [2.05, 4.69) is 31.4 Å². The maximum atomic E-state index is 12.4. The number of esters is 2. The molecule has 0 saturated carbocycles. The molecule has 0 amide bonds. The molecular formula is C40H77O10P. The standard InChI is InChI=1S/C40H77O10P/c1-4-5-6-7-19-24-29-37(41)38(42)30-25-20-17-22-27-32-40(44)50-36(34-49-51(45,46)47)33-48-39(43)31-26-21-16-14-12-10-8-9-11-13-15-18-23-28-35(2)3/h19,24,35-38,41-42H,4-18,20-23,25-34H2,1-3H3,(H2,45,46,47)/b24-19-/t36-,37+,38+/m1/s1. The lowest BCUT2D eigenvalue weighted by molar-refractivity contribution is -0.161. The highest BCUT2D eigenvalue weighted by Crippen LogP contribution is 2.36. The van der Waals surface area contributed by atoms with Crippen molar-refractivity contribution in [3.05, 3.63) is 12.2 Å². The first-order valence-electron chi connectivity index (χ1n) is 20.5. The molecule has 0 fully saturated rings. The van der Waals surface area contributed by atoms with E-state index < -0.39 is 44.7 Å². The van der Waals surface area contributed by atoms with Crippen LogP contribution in [0.2, 0.25) is 0 Å². The van der Waals surface area contributed by atoms with Crippen LogP contribution in [0.5, 0.6) is 0 Å². The minimum atomic E-state index is -4.79. The predicted octanol–water partition coefficient (Wildman–Crippen LogP) is 10.0. The molecule has 0 unspecified atom stereocenters. The molecular weight excluding hydrogens is 671 g/mol. The summed E-state index contributed by atoms with van der Waals surface area (Å²) in [7, 11) is -4.79. The van der Waals surface area contributed by atoms with Crippen LogP contribution in [-0.2, 0) is 28.2 Å². The Morgan fingerprint density at radius 3 is 1.61 bits per heavy atom. The summed E-state index contributed by atoms with van der Waals surface area (Å²) in [4.78, 5) is 42.8. The lowest BCUT2D eigenvalue weighted by Crippen LogP contribution is -2.29. The van der Waals surface area contributed by atoms with Crippen LogP contribution in [0.15, 0.2) is 12.2 Å². The maximum absolute atomic E-state index is 12.4. The highest BCUT2D eigenvalue weighted by atomic mass is 31.2. The van der Waals surface area contributed by atoms with E-state index >= 15 is 0 Å². The zero-order valence-electron chi connectivity index (χ0n) is 32.7. The van der Waals surface area contributed by atoms with Gasteiger partial charge in [-0.1, -0.05) is 155 Å². The number of aliphatic hydroxyl groups is 2. The van der Waals surface area contributed by atoms with Crippen molar-refractivity contribution < 1.29 is 48.2 Å². The minimum Gasteiger partial charge on any atom is -0.462 e. The highest BCUT2D eigenvalue weighted by molar-refractivity contribution is 7.46. The molecule has 51 heavy (non-hydrogen) atoms. The number of allylic oxidation sites excluding steroid dienone is 1. The van der Waals surface area contributed by atoms with E-state index in [1.807, 2.05) is 6.08 Å². The number of phosphoric acid groups is 1. The van der Waals surface area contributed by atoms with Crippen LogP contribution in [0.4, 0.5) is 0 Å². The van der Waals surface area contributed by atoms with Gasteiger partial charge in [-0.15, -0.1) is 0 Å². The van der Waals surface area contributed by atoms with E-state index in [1.54, 1.807) is 0 Å². The average Bonchev–Trinajstić information content (AvgIpc) is 3.08. The Labute approximate surface area is 311 Å². The van der Waals surface area contributed by atoms with Gasteiger partial charge >= 0.3 is 19.8 Å². The number of aliphatic hydroxyl groups excluding tert-OH is 2. The third kappa shape index (κ3) is 36.8. The number of hydrogen-bond donors (Lipinski definition) is 4. The van der Waals surface area contributed by atoms with Crippen molar-refractivity contribution in [2.75, 3.05) is 13.2 Å². The van der Waals surface area contributed by atoms with Gasteiger partial charge in [-0.25, -0.2) is 4.57 Å². The zero-order valence-corrected chi connectivity index (χ0v) is 33.6. The maximum Gasteiger partial charge on any atom is 0.469 e. The first kappa shape index (κ1) is 49.7. The van der Waals surface area contributed by atoms with Crippen LogP contribution in [0.25, 0.3) is 0 Å². The fraction of sp³-hybridized carbons (Fsp3) is 0.900. The molecule has 0 aromatic carbocycles. The van der Waals surface area contributed by atoms with Crippen LogP contribution in [0.1, 0.15) is 194 Å². The Bertz CT molecular complexity index is 890. The molecule has 0 bridgehead atoms. The quantitative estimate of drug-likeness (QED) is 0.0208. The van der Waals surface area contributed by atoms with E-state index in [0.717, 1.165) is 63.7 Å². The summed E-state index contributed by atoms with van der Waals surface area (Å²) in [5.74, 6) is -0.172. The van der Waals surface area contributed by atoms with Crippen LogP contribution >= 0.6 is 7.82 Å². The average molecular weight is 749 g/mol. The summed E-state index contributed by atoms with van der Waals surface area (Å²) in [6, 6.07) is 0. The first-order chi connectivity index (χ1) is 24.4. The molecule has 302 valence electrons. The molecule has 0 spiro atoms. The third-order valence-electron chi connectivity index (χ3n) is 9.16. The predicted molar refractivity (Wildman–Crippen MR) is 205 cm³/mol. The summed E-state index contributed by atoms with van der Waals surface area (Å²) < 4.78 is 26.3. The number of rotatable bonds is 37. The number of hydrogen-bond acceptors (Lipinski definition) is 8. The van der Waals surface area contributed by atoms with Crippen LogP contribution in [-0.4, -0.2) is 63.5 Å². The van der Waals surface area contributed by atoms with Gasteiger partial charge in [-0.05, 0) is 44.4 Å². The number of carbonyl (C=O) groups excluding carboxylic acids is 2. The second kappa shape index (κ2) is 34.5. The Kier molecular flexibility index (Phi) is 33.6. The minimum absolute atomic E-state index is 0.116. The number of phosphoric ester groups is 1. The fourth-order valence-electron chi connectivity index (χ4n) is 5.93. The summed E-state index contributed by atoms with van der Waals surface area (Å²) in [5.41, 5.74) is 0. The van der Waals surface area contributed by atoms with E-state index in [0.29, 0.717) is 25.7 Å². The van der Waals surface area contributed by atoms with Gasteiger partial charge in [0.25, 0.3) is 0 Å². The molecule has 0 saturated heterocycles. The topological polar surface area (TPSA) is 160 Å². The van der Waals surface area contributed by atoms with Crippen molar-refractivity contribution in [3.63, 3.8) is 0 Å². The molecule has 10 nitrogen and oxygen atoms in total. The van der Waals surface area contributed by atoms with Gasteiger partial charge in [-0.2, -0.15) is 0 Å². The molecule has 0 radical (unpaired) electrons. The SMILES string of the molecule is CCCCC/C=C\C[C@H](O)[C@@H](O)CCCCCCCC(=O)O[C@H](COC(=O)CCCCCCCCCCCCCCCC(C)C)COP(=O)(O)O. The Morgan fingerprint density at radius 2 is 1.10 bits per heavy atom. The summed E-state index contributed by atoms with van der Waals surface area (Å²) in [6.07, 6.45) is 28.2. The summed E-state index contributed by atoms with van der Waals surface area (Å²) in [5, 5.41) is 20.3. The smallest absolute Gasteiger partial charge is 0.462 e. The molecule has 0 aliphatic carbocycles. The third-order valence-corrected chi connectivity index (χ3v) is 9.65. The summed E-state index contributed by atoms with van der Waals surface area (Å²) >= 11 is 0. The molecule has 0 heterocycles. The first-order valence-corrected chi connectivity index (χ1v) is 22.0. The Balaban J connectivity index is 4.03. The normalized spacial score (nSPS) is 13.9. The van der Waals surface area contributed by atoms with E-state index in [9.17, 15) is 24.4 Å². The second-order valence-electron chi connectivity index (χ2n) is 14.8. The molecule has 0 rings (SSSR count). The van der Waals surface area contributed by atoms with Gasteiger partial charge in [0.1, 0.15) is 6.61 Å². The fourth-order valence-corrected chi connectivity index (χ4v) is 6.29. The lowest BCUT2D eigenvalue weighted by Gasteiger charge is -2.18. The van der Waals surface area contributed by atoms with Crippen molar-refractivity contribution in [3.8, 4) is 0 Å². The molecule has 0 aliphatic rings. The van der Waals surface area contributed by atoms with E-state index in [4.69, 9.17) is 19.3 Å². The van der Waals surface area contributed by atoms with Crippen molar-refractivity contribution in [2.45, 2.75) is 212 Å². The van der Waals surface area contributed by atoms with Gasteiger partial charge in [0.05, 0.1) is 18.8 Å². The Hall–Kier alpha value is -1.29. The zero-order chi connectivity index (χ0) is 38.0. The van der Waals surface area contributed by atoms with Crippen molar-refractivity contribution in [1.29, 1.82) is 0 Å². The molecule has 3 atom stereocenters. The van der Waals surface area contributed by atoms with E-state index in [-0.39, 0.29) is 19.4 Å². The molecule has 0 aliphatic heterocycles. The number of unbranched alkanes of at least 4 members (excludes halogenated alkanes) is 19. The van der Waals surface area contributed by atoms with Gasteiger partial charge < -0.3 is 29.5 Å². The summed E-state index contributed by atoms with van der Waals surface area (Å²) in [6.45, 7) is 5.84. The van der Waals surface area contributed by atoms with Crippen molar-refractivity contribution >= 4 is 19.8 Å². The van der Waals surface area contributed by atoms with Crippen LogP contribution < -0.4 is 0 Å². The Morgan fingerprint density at radius 1 is 0.608 bits per heavy atom. The largest absolute Gasteiger partial charge is 0.469 e. The van der Waals surface area contributed by atoms with Crippen LogP contribution in [0.3, 0.4) is 0 Å². The molecule has 0 aromatic rings. The van der Waals surface area contributed by atoms with Gasteiger partial charge in [0, 0.05) is 12.8 Å². The lowest BCUT2D eigenvalue weighted by atomic mass is 10.0. The van der Waals surface area contributed by atoms with Gasteiger partial charge in [-0.3, -0.25) is 14.1 Å². The van der Waals surface area contributed by atoms with Gasteiger partial charge in [0.2, 0.25) is 0 Å².